The van der Waals surface area contributed by atoms with Crippen molar-refractivity contribution in [2.75, 3.05) is 33.3 Å². The van der Waals surface area contributed by atoms with E-state index in [0.29, 0.717) is 0 Å². The molecule has 1 aliphatic heterocycles. The summed E-state index contributed by atoms with van der Waals surface area (Å²) >= 11 is 0. The SMILES string of the molecule is COc1ccccc1-c1nc(C(C)(C(c2ccccc2)c2ccccc2)N2CCNCC2)c(C)[nH]1.Cl.Cl.Cl. The van der Waals surface area contributed by atoms with Crippen LogP contribution in [0.3, 0.4) is 0 Å². The van der Waals surface area contributed by atoms with Crippen molar-refractivity contribution >= 4 is 37.2 Å². The lowest BCUT2D eigenvalue weighted by Crippen LogP contribution is -2.56. The highest BCUT2D eigenvalue weighted by atomic mass is 35.5. The molecule has 1 atom stereocenters. The zero-order chi connectivity index (χ0) is 24.3. The predicted molar refractivity (Wildman–Crippen MR) is 164 cm³/mol. The highest BCUT2D eigenvalue weighted by molar-refractivity contribution is 5.86. The molecule has 0 bridgehead atoms. The van der Waals surface area contributed by atoms with Crippen molar-refractivity contribution in [3.05, 3.63) is 107 Å². The van der Waals surface area contributed by atoms with E-state index in [9.17, 15) is 0 Å². The number of rotatable bonds is 7. The van der Waals surface area contributed by atoms with Crippen molar-refractivity contribution in [3.63, 3.8) is 0 Å². The summed E-state index contributed by atoms with van der Waals surface area (Å²) in [6.45, 7) is 8.38. The van der Waals surface area contributed by atoms with Gasteiger partial charge in [-0.25, -0.2) is 4.98 Å². The smallest absolute Gasteiger partial charge is 0.141 e. The van der Waals surface area contributed by atoms with Gasteiger partial charge in [0.25, 0.3) is 0 Å². The zero-order valence-corrected chi connectivity index (χ0v) is 24.5. The zero-order valence-electron chi connectivity index (χ0n) is 22.0. The number of H-pyrrole nitrogens is 1. The number of piperazine rings is 1. The fourth-order valence-electron chi connectivity index (χ4n) is 5.65. The van der Waals surface area contributed by atoms with Gasteiger partial charge in [0.15, 0.2) is 0 Å². The maximum Gasteiger partial charge on any atom is 0.141 e. The van der Waals surface area contributed by atoms with Crippen molar-refractivity contribution in [1.29, 1.82) is 0 Å². The minimum atomic E-state index is -0.369. The van der Waals surface area contributed by atoms with Crippen LogP contribution in [0.15, 0.2) is 84.9 Å². The van der Waals surface area contributed by atoms with E-state index in [2.05, 4.69) is 95.8 Å². The summed E-state index contributed by atoms with van der Waals surface area (Å²) in [6, 6.07) is 29.8. The minimum Gasteiger partial charge on any atom is -0.496 e. The summed E-state index contributed by atoms with van der Waals surface area (Å²) in [7, 11) is 1.71. The molecule has 1 aliphatic rings. The number of nitrogens with zero attached hydrogens (tertiary/aromatic N) is 2. The highest BCUT2D eigenvalue weighted by Crippen LogP contribution is 2.47. The van der Waals surface area contributed by atoms with E-state index in [1.54, 1.807) is 7.11 Å². The lowest BCUT2D eigenvalue weighted by atomic mass is 9.72. The third kappa shape index (κ3) is 6.03. The van der Waals surface area contributed by atoms with Crippen molar-refractivity contribution < 1.29 is 4.74 Å². The molecule has 0 radical (unpaired) electrons. The van der Waals surface area contributed by atoms with Crippen LogP contribution in [0, 0.1) is 6.92 Å². The van der Waals surface area contributed by atoms with Gasteiger partial charge in [-0.05, 0) is 37.1 Å². The van der Waals surface area contributed by atoms with Crippen molar-refractivity contribution in [2.45, 2.75) is 25.3 Å². The van der Waals surface area contributed by atoms with E-state index in [-0.39, 0.29) is 48.7 Å². The molecule has 0 saturated carbocycles. The van der Waals surface area contributed by atoms with Crippen LogP contribution in [0.5, 0.6) is 5.75 Å². The first kappa shape index (κ1) is 31.7. The Morgan fingerprint density at radius 1 is 0.816 bits per heavy atom. The number of aromatic nitrogens is 2. The largest absolute Gasteiger partial charge is 0.496 e. The number of hydrogen-bond donors (Lipinski definition) is 2. The number of benzene rings is 3. The molecule has 3 aromatic carbocycles. The molecule has 0 spiro atoms. The number of hydrogen-bond acceptors (Lipinski definition) is 4. The Kier molecular flexibility index (Phi) is 11.7. The minimum absolute atomic E-state index is 0. The van der Waals surface area contributed by atoms with Gasteiger partial charge < -0.3 is 15.0 Å². The first-order valence-electron chi connectivity index (χ1n) is 12.4. The van der Waals surface area contributed by atoms with E-state index < -0.39 is 0 Å². The topological polar surface area (TPSA) is 53.2 Å². The molecule has 0 amide bonds. The number of halogens is 3. The Hall–Kier alpha value is -2.54. The molecule has 1 fully saturated rings. The second kappa shape index (κ2) is 14.0. The maximum absolute atomic E-state index is 5.66. The molecule has 1 aromatic heterocycles. The van der Waals surface area contributed by atoms with Gasteiger partial charge in [-0.1, -0.05) is 72.8 Å². The Balaban J connectivity index is 0.00000169. The molecule has 2 N–H and O–H groups in total. The number of para-hydroxylation sites is 1. The third-order valence-corrected chi connectivity index (χ3v) is 7.33. The van der Waals surface area contributed by atoms with Crippen LogP contribution in [0.2, 0.25) is 0 Å². The Morgan fingerprint density at radius 3 is 1.89 bits per heavy atom. The van der Waals surface area contributed by atoms with Gasteiger partial charge in [0.2, 0.25) is 0 Å². The van der Waals surface area contributed by atoms with E-state index in [1.807, 2.05) is 18.2 Å². The van der Waals surface area contributed by atoms with E-state index >= 15 is 0 Å². The quantitative estimate of drug-likeness (QED) is 0.260. The van der Waals surface area contributed by atoms with Crippen molar-refractivity contribution in [2.24, 2.45) is 0 Å². The third-order valence-electron chi connectivity index (χ3n) is 7.33. The van der Waals surface area contributed by atoms with Gasteiger partial charge in [0.05, 0.1) is 23.9 Å². The lowest BCUT2D eigenvalue weighted by molar-refractivity contribution is 0.0673. The molecule has 2 heterocycles. The van der Waals surface area contributed by atoms with Gasteiger partial charge in [-0.15, -0.1) is 37.2 Å². The van der Waals surface area contributed by atoms with Crippen LogP contribution in [0.1, 0.15) is 35.4 Å². The number of ether oxygens (including phenoxy) is 1. The second-order valence-electron chi connectivity index (χ2n) is 9.40. The van der Waals surface area contributed by atoms with E-state index in [0.717, 1.165) is 54.7 Å². The van der Waals surface area contributed by atoms with E-state index in [4.69, 9.17) is 9.72 Å². The first-order chi connectivity index (χ1) is 17.1. The molecule has 204 valence electrons. The average Bonchev–Trinajstić information content (AvgIpc) is 3.32. The fourth-order valence-corrected chi connectivity index (χ4v) is 5.65. The van der Waals surface area contributed by atoms with Gasteiger partial charge in [0.1, 0.15) is 11.6 Å². The first-order valence-corrected chi connectivity index (χ1v) is 12.4. The van der Waals surface area contributed by atoms with Gasteiger partial charge in [-0.3, -0.25) is 4.90 Å². The summed E-state index contributed by atoms with van der Waals surface area (Å²) in [5, 5.41) is 3.53. The Morgan fingerprint density at radius 2 is 1.34 bits per heavy atom. The van der Waals surface area contributed by atoms with E-state index in [1.165, 1.54) is 11.1 Å². The Bertz CT molecular complexity index is 1220. The van der Waals surface area contributed by atoms with Crippen LogP contribution in [0.25, 0.3) is 11.4 Å². The predicted octanol–water partition coefficient (Wildman–Crippen LogP) is 6.61. The van der Waals surface area contributed by atoms with Crippen LogP contribution in [-0.4, -0.2) is 48.2 Å². The van der Waals surface area contributed by atoms with Crippen LogP contribution in [-0.2, 0) is 5.54 Å². The molecular weight excluding hydrogens is 539 g/mol. The molecule has 5 rings (SSSR count). The summed E-state index contributed by atoms with van der Waals surface area (Å²) in [5.41, 5.74) is 5.36. The average molecular weight is 576 g/mol. The normalized spacial score (nSPS) is 14.9. The van der Waals surface area contributed by atoms with Crippen LogP contribution in [0.4, 0.5) is 0 Å². The molecule has 0 aliphatic carbocycles. The molecule has 1 unspecified atom stereocenters. The van der Waals surface area contributed by atoms with Crippen molar-refractivity contribution in [1.82, 2.24) is 20.2 Å². The van der Waals surface area contributed by atoms with Crippen LogP contribution >= 0.6 is 37.2 Å². The summed E-state index contributed by atoms with van der Waals surface area (Å²) < 4.78 is 5.66. The van der Waals surface area contributed by atoms with Crippen LogP contribution < -0.4 is 10.1 Å². The second-order valence-corrected chi connectivity index (χ2v) is 9.40. The molecular formula is C30H37Cl3N4O. The maximum atomic E-state index is 5.66. The standard InChI is InChI=1S/C30H34N4O.3ClH/c1-22-28(33-29(32-22)25-16-10-11-17-26(25)35-3)30(2,34-20-18-31-19-21-34)27(23-12-6-4-7-13-23)24-14-8-5-9-15-24;;;/h4-17,27,31H,18-21H2,1-3H3,(H,32,33);3*1H. The molecule has 38 heavy (non-hydrogen) atoms. The lowest BCUT2D eigenvalue weighted by Gasteiger charge is -2.48. The summed E-state index contributed by atoms with van der Waals surface area (Å²) in [5.74, 6) is 1.77. The van der Waals surface area contributed by atoms with Crippen molar-refractivity contribution in [3.8, 4) is 17.1 Å². The molecule has 5 nitrogen and oxygen atoms in total. The monoisotopic (exact) mass is 574 g/mol. The number of aromatic amines is 1. The number of methoxy groups -OCH3 is 1. The molecule has 1 saturated heterocycles. The number of nitrogens with one attached hydrogen (secondary N) is 2. The Labute approximate surface area is 244 Å². The van der Waals surface area contributed by atoms with Gasteiger partial charge >= 0.3 is 0 Å². The summed E-state index contributed by atoms with van der Waals surface area (Å²) in [6.07, 6.45) is 0. The molecule has 4 aromatic rings. The summed E-state index contributed by atoms with van der Waals surface area (Å²) in [4.78, 5) is 11.5. The fraction of sp³-hybridized carbons (Fsp3) is 0.300. The number of imidazole rings is 1. The number of aryl methyl sites for hydroxylation is 1. The highest BCUT2D eigenvalue weighted by Gasteiger charge is 2.46. The molecule has 8 heteroatoms. The van der Waals surface area contributed by atoms with Gasteiger partial charge in [0, 0.05) is 37.8 Å². The van der Waals surface area contributed by atoms with Gasteiger partial charge in [-0.2, -0.15) is 0 Å².